The third kappa shape index (κ3) is 2.27. The molecule has 1 fully saturated rings. The molecule has 1 saturated heterocycles. The first-order valence-corrected chi connectivity index (χ1v) is 6.68. The van der Waals surface area contributed by atoms with Crippen LogP contribution in [0.2, 0.25) is 0 Å². The molecule has 1 unspecified atom stereocenters. The summed E-state index contributed by atoms with van der Waals surface area (Å²) in [5, 5.41) is 0. The van der Waals surface area contributed by atoms with Gasteiger partial charge in [0.25, 0.3) is 0 Å². The van der Waals surface area contributed by atoms with Gasteiger partial charge in [-0.05, 0) is 44.1 Å². The van der Waals surface area contributed by atoms with Crippen molar-refractivity contribution in [2.75, 3.05) is 18.0 Å². The van der Waals surface area contributed by atoms with Crippen LogP contribution in [0.1, 0.15) is 36.9 Å². The fraction of sp³-hybridized carbons (Fsp3) is 0.692. The van der Waals surface area contributed by atoms with Gasteiger partial charge in [0, 0.05) is 31.0 Å². The zero-order chi connectivity index (χ0) is 11.7. The monoisotopic (exact) mass is 232 g/mol. The Labute approximate surface area is 102 Å². The topological polar surface area (TPSA) is 55.0 Å². The van der Waals surface area contributed by atoms with E-state index in [2.05, 4.69) is 9.88 Å². The smallest absolute Gasteiger partial charge is 0.225 e. The zero-order valence-corrected chi connectivity index (χ0v) is 10.2. The van der Waals surface area contributed by atoms with Crippen molar-refractivity contribution in [2.24, 2.45) is 5.73 Å². The number of aromatic nitrogens is 2. The number of nitrogens with two attached hydrogens (primary N) is 1. The lowest BCUT2D eigenvalue weighted by Crippen LogP contribution is -2.33. The number of hydrogen-bond acceptors (Lipinski definition) is 4. The third-order valence-corrected chi connectivity index (χ3v) is 3.81. The number of aryl methyl sites for hydroxylation is 1. The Balaban J connectivity index is 1.82. The van der Waals surface area contributed by atoms with E-state index in [0.29, 0.717) is 6.04 Å². The number of hydrogen-bond donors (Lipinski definition) is 1. The summed E-state index contributed by atoms with van der Waals surface area (Å²) in [6.07, 6.45) is 8.89. The highest BCUT2D eigenvalue weighted by Crippen LogP contribution is 2.22. The molecule has 4 heteroatoms. The molecular formula is C13H20N4. The Morgan fingerprint density at radius 3 is 2.88 bits per heavy atom. The summed E-state index contributed by atoms with van der Waals surface area (Å²) in [5.74, 6) is 0.930. The number of fused-ring (bicyclic) bond motifs is 1. The van der Waals surface area contributed by atoms with E-state index in [-0.39, 0.29) is 0 Å². The van der Waals surface area contributed by atoms with Crippen LogP contribution in [0, 0.1) is 0 Å². The Morgan fingerprint density at radius 2 is 2.06 bits per heavy atom. The lowest BCUT2D eigenvalue weighted by Gasteiger charge is -2.28. The molecule has 1 atom stereocenters. The maximum absolute atomic E-state index is 5.96. The van der Waals surface area contributed by atoms with Crippen molar-refractivity contribution in [2.45, 2.75) is 44.6 Å². The van der Waals surface area contributed by atoms with Crippen LogP contribution in [0.3, 0.4) is 0 Å². The largest absolute Gasteiger partial charge is 0.341 e. The Hall–Kier alpha value is -1.16. The molecule has 2 heterocycles. The number of rotatable bonds is 1. The van der Waals surface area contributed by atoms with Crippen LogP contribution in [0.4, 0.5) is 5.95 Å². The van der Waals surface area contributed by atoms with Crippen LogP contribution in [0.15, 0.2) is 6.20 Å². The summed E-state index contributed by atoms with van der Waals surface area (Å²) in [6.45, 7) is 2.22. The van der Waals surface area contributed by atoms with E-state index >= 15 is 0 Å². The summed E-state index contributed by atoms with van der Waals surface area (Å²) in [6, 6.07) is 0.298. The van der Waals surface area contributed by atoms with E-state index < -0.39 is 0 Å². The normalized spacial score (nSPS) is 24.5. The SMILES string of the molecule is NC1CCc2nc(N3CCCCC3)ncc2C1. The summed E-state index contributed by atoms with van der Waals surface area (Å²) in [7, 11) is 0. The van der Waals surface area contributed by atoms with E-state index in [1.165, 1.54) is 30.5 Å². The highest BCUT2D eigenvalue weighted by molar-refractivity contribution is 5.35. The van der Waals surface area contributed by atoms with E-state index in [1.54, 1.807) is 0 Å². The first kappa shape index (κ1) is 11.0. The molecule has 3 rings (SSSR count). The molecule has 1 aliphatic heterocycles. The maximum atomic E-state index is 5.96. The van der Waals surface area contributed by atoms with Crippen molar-refractivity contribution in [1.29, 1.82) is 0 Å². The molecule has 0 bridgehead atoms. The van der Waals surface area contributed by atoms with Gasteiger partial charge in [-0.25, -0.2) is 9.97 Å². The van der Waals surface area contributed by atoms with E-state index in [0.717, 1.165) is 38.3 Å². The number of piperidine rings is 1. The average Bonchev–Trinajstić information content (AvgIpc) is 2.39. The molecular weight excluding hydrogens is 212 g/mol. The predicted molar refractivity (Wildman–Crippen MR) is 68.1 cm³/mol. The molecule has 0 saturated carbocycles. The maximum Gasteiger partial charge on any atom is 0.225 e. The molecule has 1 aromatic heterocycles. The van der Waals surface area contributed by atoms with Crippen LogP contribution >= 0.6 is 0 Å². The first-order valence-electron chi connectivity index (χ1n) is 6.68. The summed E-state index contributed by atoms with van der Waals surface area (Å²) in [5.41, 5.74) is 8.44. The molecule has 4 nitrogen and oxygen atoms in total. The minimum absolute atomic E-state index is 0.298. The summed E-state index contributed by atoms with van der Waals surface area (Å²) < 4.78 is 0. The fourth-order valence-electron chi connectivity index (χ4n) is 2.77. The third-order valence-electron chi connectivity index (χ3n) is 3.81. The molecule has 2 aliphatic rings. The van der Waals surface area contributed by atoms with E-state index in [4.69, 9.17) is 10.7 Å². The fourth-order valence-corrected chi connectivity index (χ4v) is 2.77. The summed E-state index contributed by atoms with van der Waals surface area (Å²) >= 11 is 0. The molecule has 0 aromatic carbocycles. The van der Waals surface area contributed by atoms with Gasteiger partial charge in [0.05, 0.1) is 0 Å². The molecule has 17 heavy (non-hydrogen) atoms. The molecule has 2 N–H and O–H groups in total. The van der Waals surface area contributed by atoms with Gasteiger partial charge in [0.2, 0.25) is 5.95 Å². The van der Waals surface area contributed by atoms with Gasteiger partial charge in [-0.15, -0.1) is 0 Å². The van der Waals surface area contributed by atoms with Crippen molar-refractivity contribution in [3.05, 3.63) is 17.5 Å². The van der Waals surface area contributed by atoms with E-state index in [9.17, 15) is 0 Å². The second-order valence-corrected chi connectivity index (χ2v) is 5.19. The molecule has 1 aliphatic carbocycles. The number of anilines is 1. The second kappa shape index (κ2) is 4.61. The predicted octanol–water partition coefficient (Wildman–Crippen LogP) is 1.28. The standard InChI is InChI=1S/C13H20N4/c14-11-4-5-12-10(8-11)9-15-13(16-12)17-6-2-1-3-7-17/h9,11H,1-8,14H2. The molecule has 0 spiro atoms. The highest BCUT2D eigenvalue weighted by Gasteiger charge is 2.20. The van der Waals surface area contributed by atoms with E-state index in [1.807, 2.05) is 6.20 Å². The second-order valence-electron chi connectivity index (χ2n) is 5.19. The lowest BCUT2D eigenvalue weighted by atomic mass is 9.94. The van der Waals surface area contributed by atoms with Crippen LogP contribution in [0.25, 0.3) is 0 Å². The average molecular weight is 232 g/mol. The molecule has 0 amide bonds. The Kier molecular flexibility index (Phi) is 2.97. The first-order chi connectivity index (χ1) is 8.33. The van der Waals surface area contributed by atoms with Gasteiger partial charge in [0.1, 0.15) is 0 Å². The van der Waals surface area contributed by atoms with Crippen LogP contribution < -0.4 is 10.6 Å². The van der Waals surface area contributed by atoms with Crippen molar-refractivity contribution in [3.8, 4) is 0 Å². The van der Waals surface area contributed by atoms with Gasteiger partial charge in [-0.3, -0.25) is 0 Å². The summed E-state index contributed by atoms with van der Waals surface area (Å²) in [4.78, 5) is 11.6. The van der Waals surface area contributed by atoms with Crippen LogP contribution in [-0.2, 0) is 12.8 Å². The molecule has 0 radical (unpaired) electrons. The van der Waals surface area contributed by atoms with Crippen molar-refractivity contribution < 1.29 is 0 Å². The van der Waals surface area contributed by atoms with Crippen LogP contribution in [0.5, 0.6) is 0 Å². The van der Waals surface area contributed by atoms with Crippen molar-refractivity contribution >= 4 is 5.95 Å². The van der Waals surface area contributed by atoms with Gasteiger partial charge in [0.15, 0.2) is 0 Å². The van der Waals surface area contributed by atoms with Gasteiger partial charge in [-0.1, -0.05) is 0 Å². The van der Waals surface area contributed by atoms with Gasteiger partial charge in [-0.2, -0.15) is 0 Å². The zero-order valence-electron chi connectivity index (χ0n) is 10.2. The van der Waals surface area contributed by atoms with Gasteiger partial charge < -0.3 is 10.6 Å². The Bertz CT molecular complexity index is 398. The number of nitrogens with zero attached hydrogens (tertiary/aromatic N) is 3. The molecule has 92 valence electrons. The minimum Gasteiger partial charge on any atom is -0.341 e. The Morgan fingerprint density at radius 1 is 1.24 bits per heavy atom. The highest BCUT2D eigenvalue weighted by atomic mass is 15.2. The van der Waals surface area contributed by atoms with Crippen molar-refractivity contribution in [3.63, 3.8) is 0 Å². The van der Waals surface area contributed by atoms with Crippen molar-refractivity contribution in [1.82, 2.24) is 9.97 Å². The quantitative estimate of drug-likeness (QED) is 0.792. The minimum atomic E-state index is 0.298. The van der Waals surface area contributed by atoms with Crippen LogP contribution in [-0.4, -0.2) is 29.1 Å². The van der Waals surface area contributed by atoms with Gasteiger partial charge >= 0.3 is 0 Å². The molecule has 1 aromatic rings. The lowest BCUT2D eigenvalue weighted by molar-refractivity contribution is 0.549.